The van der Waals surface area contributed by atoms with E-state index in [-0.39, 0.29) is 35.9 Å². The van der Waals surface area contributed by atoms with Crippen molar-refractivity contribution in [1.29, 1.82) is 0 Å². The topological polar surface area (TPSA) is 140 Å². The number of nitrogens with one attached hydrogen (secondary N) is 3. The van der Waals surface area contributed by atoms with Gasteiger partial charge in [0.1, 0.15) is 11.5 Å². The molecule has 188 valence electrons. The summed E-state index contributed by atoms with van der Waals surface area (Å²) in [5.41, 5.74) is 8.27. The molecule has 0 spiro atoms. The highest BCUT2D eigenvalue weighted by Gasteiger charge is 2.20. The number of rotatable bonds is 8. The predicted octanol–water partition coefficient (Wildman–Crippen LogP) is 2.15. The molecule has 0 radical (unpaired) electrons. The number of nitrogen functional groups attached to an aromatic ring is 1. The molecule has 4 rings (SSSR count). The lowest BCUT2D eigenvalue weighted by atomic mass is 10.1. The SMILES string of the molecule is COc1cccc(OC)c1CNC(=O)c1cccc(-c2cnc(N)c(C(=O)N[C@H]3CCCNC3)n2)c1. The van der Waals surface area contributed by atoms with Crippen LogP contribution < -0.4 is 31.2 Å². The van der Waals surface area contributed by atoms with Gasteiger partial charge in [-0.2, -0.15) is 0 Å². The van der Waals surface area contributed by atoms with Crippen molar-refractivity contribution in [3.8, 4) is 22.8 Å². The van der Waals surface area contributed by atoms with Crippen molar-refractivity contribution in [1.82, 2.24) is 25.9 Å². The Hall–Kier alpha value is -4.18. The average Bonchev–Trinajstić information content (AvgIpc) is 2.92. The molecule has 1 aliphatic rings. The van der Waals surface area contributed by atoms with Crippen LogP contribution in [0.4, 0.5) is 5.82 Å². The summed E-state index contributed by atoms with van der Waals surface area (Å²) in [4.78, 5) is 34.4. The summed E-state index contributed by atoms with van der Waals surface area (Å²) >= 11 is 0. The van der Waals surface area contributed by atoms with Gasteiger partial charge in [0.2, 0.25) is 0 Å². The molecule has 1 atom stereocenters. The Balaban J connectivity index is 1.50. The summed E-state index contributed by atoms with van der Waals surface area (Å²) in [6.07, 6.45) is 3.37. The zero-order chi connectivity index (χ0) is 25.5. The summed E-state index contributed by atoms with van der Waals surface area (Å²) in [5.74, 6) is 0.650. The normalized spacial score (nSPS) is 15.1. The summed E-state index contributed by atoms with van der Waals surface area (Å²) < 4.78 is 10.8. The first-order chi connectivity index (χ1) is 17.5. The van der Waals surface area contributed by atoms with E-state index in [1.54, 1.807) is 38.5 Å². The molecule has 1 aliphatic heterocycles. The van der Waals surface area contributed by atoms with Crippen LogP contribution in [0.25, 0.3) is 11.3 Å². The molecule has 2 heterocycles. The van der Waals surface area contributed by atoms with E-state index in [1.807, 2.05) is 18.2 Å². The number of nitrogens with zero attached hydrogens (tertiary/aromatic N) is 2. The van der Waals surface area contributed by atoms with Gasteiger partial charge >= 0.3 is 0 Å². The van der Waals surface area contributed by atoms with E-state index in [0.29, 0.717) is 34.9 Å². The Bertz CT molecular complexity index is 1220. The van der Waals surface area contributed by atoms with Gasteiger partial charge in [0.25, 0.3) is 11.8 Å². The monoisotopic (exact) mass is 490 g/mol. The number of methoxy groups -OCH3 is 2. The molecule has 36 heavy (non-hydrogen) atoms. The van der Waals surface area contributed by atoms with Crippen molar-refractivity contribution in [2.24, 2.45) is 0 Å². The minimum absolute atomic E-state index is 0.0185. The van der Waals surface area contributed by atoms with Gasteiger partial charge in [-0.25, -0.2) is 9.97 Å². The first kappa shape index (κ1) is 24.9. The number of anilines is 1. The van der Waals surface area contributed by atoms with Crippen molar-refractivity contribution >= 4 is 17.6 Å². The minimum Gasteiger partial charge on any atom is -0.496 e. The number of hydrogen-bond donors (Lipinski definition) is 4. The van der Waals surface area contributed by atoms with Crippen LogP contribution in [0.1, 0.15) is 39.3 Å². The third-order valence-corrected chi connectivity index (χ3v) is 6.02. The highest BCUT2D eigenvalue weighted by atomic mass is 16.5. The van der Waals surface area contributed by atoms with E-state index < -0.39 is 0 Å². The van der Waals surface area contributed by atoms with Crippen molar-refractivity contribution in [2.45, 2.75) is 25.4 Å². The summed E-state index contributed by atoms with van der Waals surface area (Å²) in [5, 5.41) is 9.13. The van der Waals surface area contributed by atoms with Crippen molar-refractivity contribution in [2.75, 3.05) is 33.0 Å². The molecular weight excluding hydrogens is 460 g/mol. The second-order valence-corrected chi connectivity index (χ2v) is 8.41. The van der Waals surface area contributed by atoms with Crippen LogP contribution in [0.15, 0.2) is 48.7 Å². The predicted molar refractivity (Wildman–Crippen MR) is 136 cm³/mol. The molecule has 2 amide bonds. The lowest BCUT2D eigenvalue weighted by Crippen LogP contribution is -2.46. The summed E-state index contributed by atoms with van der Waals surface area (Å²) in [7, 11) is 3.13. The molecule has 5 N–H and O–H groups in total. The van der Waals surface area contributed by atoms with Crippen LogP contribution in [0.2, 0.25) is 0 Å². The van der Waals surface area contributed by atoms with Crippen LogP contribution >= 0.6 is 0 Å². The number of nitrogens with two attached hydrogens (primary N) is 1. The molecule has 0 bridgehead atoms. The first-order valence-electron chi connectivity index (χ1n) is 11.7. The number of carbonyl (C=O) groups is 2. The van der Waals surface area contributed by atoms with Crippen LogP contribution in [0, 0.1) is 0 Å². The molecule has 0 unspecified atom stereocenters. The van der Waals surface area contributed by atoms with Gasteiger partial charge in [-0.05, 0) is 43.7 Å². The molecule has 1 saturated heterocycles. The zero-order valence-electron chi connectivity index (χ0n) is 20.3. The fraction of sp³-hybridized carbons (Fsp3) is 0.308. The molecule has 1 fully saturated rings. The Kier molecular flexibility index (Phi) is 7.96. The van der Waals surface area contributed by atoms with Gasteiger partial charge in [0.05, 0.1) is 38.2 Å². The van der Waals surface area contributed by atoms with Crippen LogP contribution in [0.3, 0.4) is 0 Å². The van der Waals surface area contributed by atoms with Crippen molar-refractivity contribution in [3.05, 3.63) is 65.5 Å². The maximum Gasteiger partial charge on any atom is 0.274 e. The Morgan fingerprint density at radius 3 is 2.56 bits per heavy atom. The second kappa shape index (κ2) is 11.5. The summed E-state index contributed by atoms with van der Waals surface area (Å²) in [6.45, 7) is 1.87. The molecule has 0 aliphatic carbocycles. The van der Waals surface area contributed by atoms with E-state index in [9.17, 15) is 9.59 Å². The van der Waals surface area contributed by atoms with Crippen molar-refractivity contribution < 1.29 is 19.1 Å². The number of hydrogen-bond acceptors (Lipinski definition) is 8. The number of piperidine rings is 1. The Labute approximate surface area is 209 Å². The quantitative estimate of drug-likeness (QED) is 0.377. The minimum atomic E-state index is -0.366. The number of amides is 2. The van der Waals surface area contributed by atoms with E-state index in [2.05, 4.69) is 25.9 Å². The van der Waals surface area contributed by atoms with E-state index in [4.69, 9.17) is 15.2 Å². The second-order valence-electron chi connectivity index (χ2n) is 8.41. The number of aromatic nitrogens is 2. The Morgan fingerprint density at radius 2 is 1.86 bits per heavy atom. The number of carbonyl (C=O) groups excluding carboxylic acids is 2. The fourth-order valence-corrected chi connectivity index (χ4v) is 4.13. The van der Waals surface area contributed by atoms with Crippen LogP contribution in [0.5, 0.6) is 11.5 Å². The standard InChI is InChI=1S/C26H30N6O4/c1-35-21-9-4-10-22(36-2)19(21)14-30-25(33)17-7-3-6-16(12-17)20-15-29-24(27)23(32-20)26(34)31-18-8-5-11-28-13-18/h3-4,6-7,9-10,12,15,18,28H,5,8,11,13-14H2,1-2H3,(H2,27,29)(H,30,33)(H,31,34)/t18-/m0/s1. The Morgan fingerprint density at radius 1 is 1.11 bits per heavy atom. The van der Waals surface area contributed by atoms with E-state index >= 15 is 0 Å². The molecule has 3 aromatic rings. The van der Waals surface area contributed by atoms with Crippen molar-refractivity contribution in [3.63, 3.8) is 0 Å². The molecule has 10 heteroatoms. The smallest absolute Gasteiger partial charge is 0.274 e. The van der Waals surface area contributed by atoms with Crippen LogP contribution in [-0.2, 0) is 6.54 Å². The third kappa shape index (κ3) is 5.72. The van der Waals surface area contributed by atoms with Crippen LogP contribution in [-0.4, -0.2) is 55.1 Å². The lowest BCUT2D eigenvalue weighted by molar-refractivity contribution is 0.0923. The zero-order valence-corrected chi connectivity index (χ0v) is 20.3. The van der Waals surface area contributed by atoms with Gasteiger partial charge < -0.3 is 31.2 Å². The average molecular weight is 491 g/mol. The molecule has 10 nitrogen and oxygen atoms in total. The molecule has 0 saturated carbocycles. The first-order valence-corrected chi connectivity index (χ1v) is 11.7. The maximum atomic E-state index is 12.9. The number of ether oxygens (including phenoxy) is 2. The molecular formula is C26H30N6O4. The van der Waals surface area contributed by atoms with Gasteiger partial charge in [0.15, 0.2) is 11.5 Å². The summed E-state index contributed by atoms with van der Waals surface area (Å²) in [6, 6.07) is 12.4. The van der Waals surface area contributed by atoms with Gasteiger partial charge in [-0.3, -0.25) is 9.59 Å². The largest absolute Gasteiger partial charge is 0.496 e. The highest BCUT2D eigenvalue weighted by Crippen LogP contribution is 2.28. The van der Waals surface area contributed by atoms with Gasteiger partial charge in [-0.1, -0.05) is 18.2 Å². The molecule has 1 aromatic heterocycles. The van der Waals surface area contributed by atoms with E-state index in [0.717, 1.165) is 24.9 Å². The lowest BCUT2D eigenvalue weighted by Gasteiger charge is -2.23. The van der Waals surface area contributed by atoms with Gasteiger partial charge in [-0.15, -0.1) is 0 Å². The fourth-order valence-electron chi connectivity index (χ4n) is 4.13. The third-order valence-electron chi connectivity index (χ3n) is 6.02. The molecule has 2 aromatic carbocycles. The highest BCUT2D eigenvalue weighted by molar-refractivity contribution is 5.97. The maximum absolute atomic E-state index is 12.9. The van der Waals surface area contributed by atoms with Gasteiger partial charge in [0, 0.05) is 23.7 Å². The number of benzene rings is 2. The van der Waals surface area contributed by atoms with E-state index in [1.165, 1.54) is 6.20 Å².